The van der Waals surface area contributed by atoms with Gasteiger partial charge in [0.15, 0.2) is 0 Å². The average molecular weight is 630 g/mol. The maximum Gasteiger partial charge on any atom is 0.501 e. The molecular weight excluding hydrogens is 596 g/mol. The minimum Gasteiger partial charge on any atom is -0.475 e. The maximum absolute atomic E-state index is 13.4. The molecule has 1 heterocycles. The monoisotopic (exact) mass is 629 g/mol. The van der Waals surface area contributed by atoms with Crippen LogP contribution in [-0.2, 0) is 29.4 Å². The number of alkyl halides is 6. The third-order valence-electron chi connectivity index (χ3n) is 5.60. The van der Waals surface area contributed by atoms with Gasteiger partial charge in [0.05, 0.1) is 10.6 Å². The van der Waals surface area contributed by atoms with E-state index in [2.05, 4.69) is 14.9 Å². The molecule has 0 atom stereocenters. The zero-order chi connectivity index (χ0) is 30.9. The summed E-state index contributed by atoms with van der Waals surface area (Å²) in [6.07, 6.45) is -3.37. The molecule has 0 aromatic heterocycles. The van der Waals surface area contributed by atoms with Gasteiger partial charge in [-0.25, -0.2) is 26.4 Å². The Morgan fingerprint density at radius 1 is 1.07 bits per heavy atom. The number of aliphatic carboxylic acids is 1. The van der Waals surface area contributed by atoms with Crippen LogP contribution in [-0.4, -0.2) is 89.4 Å². The number of hydrogen-bond donors (Lipinski definition) is 3. The van der Waals surface area contributed by atoms with Gasteiger partial charge in [0.1, 0.15) is 4.90 Å². The molecule has 0 spiro atoms. The van der Waals surface area contributed by atoms with E-state index in [1.54, 1.807) is 0 Å². The molecule has 1 aromatic carbocycles. The summed E-state index contributed by atoms with van der Waals surface area (Å²) in [5.41, 5.74) is -5.87. The van der Waals surface area contributed by atoms with Gasteiger partial charge in [0, 0.05) is 38.4 Å². The minimum atomic E-state index is -5.79. The second-order valence-electron chi connectivity index (χ2n) is 8.97. The molecule has 1 aromatic rings. The van der Waals surface area contributed by atoms with Crippen molar-refractivity contribution in [1.82, 2.24) is 9.62 Å². The van der Waals surface area contributed by atoms with Gasteiger partial charge < -0.3 is 15.2 Å². The van der Waals surface area contributed by atoms with Gasteiger partial charge in [-0.2, -0.15) is 26.3 Å². The third-order valence-corrected chi connectivity index (χ3v) is 8.64. The van der Waals surface area contributed by atoms with Crippen LogP contribution in [0.3, 0.4) is 0 Å². The number of sulfonamides is 1. The lowest BCUT2D eigenvalue weighted by atomic mass is 10.1. The molecule has 0 aliphatic carbocycles. The minimum absolute atomic E-state index is 0.185. The van der Waals surface area contributed by atoms with Crippen LogP contribution in [0.5, 0.6) is 0 Å². The summed E-state index contributed by atoms with van der Waals surface area (Å²) >= 11 is 0. The van der Waals surface area contributed by atoms with Gasteiger partial charge >= 0.3 is 17.7 Å². The highest BCUT2D eigenvalue weighted by molar-refractivity contribution is 7.92. The molecule has 0 saturated carbocycles. The molecule has 3 N–H and O–H groups in total. The highest BCUT2D eigenvalue weighted by atomic mass is 32.2. The summed E-state index contributed by atoms with van der Waals surface area (Å²) in [6.45, 7) is 8.13. The smallest absolute Gasteiger partial charge is 0.475 e. The van der Waals surface area contributed by atoms with Crippen molar-refractivity contribution in [2.45, 2.75) is 73.6 Å². The van der Waals surface area contributed by atoms with Crippen LogP contribution >= 0.6 is 0 Å². The molecule has 0 unspecified atom stereocenters. The molecule has 0 radical (unpaired) electrons. The number of hydrogen-bond acceptors (Lipinski definition) is 8. The molecule has 40 heavy (non-hydrogen) atoms. The first-order valence-electron chi connectivity index (χ1n) is 12.1. The zero-order valence-corrected chi connectivity index (χ0v) is 23.6. The summed E-state index contributed by atoms with van der Waals surface area (Å²) in [6, 6.07) is 2.50. The average Bonchev–Trinajstić information content (AvgIpc) is 2.82. The Bertz CT molecular complexity index is 1180. The molecule has 232 valence electrons. The van der Waals surface area contributed by atoms with E-state index in [9.17, 15) is 43.2 Å². The fourth-order valence-electron chi connectivity index (χ4n) is 3.52. The van der Waals surface area contributed by atoms with E-state index < -0.39 is 53.3 Å². The van der Waals surface area contributed by atoms with Crippen molar-refractivity contribution in [3.8, 4) is 0 Å². The fraction of sp³-hybridized carbons (Fsp3) is 0.682. The lowest BCUT2D eigenvalue weighted by Gasteiger charge is -2.26. The van der Waals surface area contributed by atoms with Crippen molar-refractivity contribution in [1.29, 1.82) is 0 Å². The lowest BCUT2D eigenvalue weighted by molar-refractivity contribution is -0.192. The highest BCUT2D eigenvalue weighted by Crippen LogP contribution is 2.36. The maximum atomic E-state index is 13.4. The molecule has 0 bridgehead atoms. The van der Waals surface area contributed by atoms with Crippen molar-refractivity contribution in [2.75, 3.05) is 38.2 Å². The number of halogens is 6. The van der Waals surface area contributed by atoms with Crippen molar-refractivity contribution in [3.05, 3.63) is 18.2 Å². The standard InChI is InChI=1S/C20H32F3N3O5S2.C2HF3O2/c1-4-10-26(15(2)3)11-9-24-18-6-5-17(14-19(18)32(27,28)20(21,22)23)33(29,30)25-16-7-12-31-13-8-16;3-2(4,5)1(6)7/h5-6,14-16,24-25H,4,7-13H2,1-3H3;(H,6,7). The van der Waals surface area contributed by atoms with Gasteiger partial charge in [-0.3, -0.25) is 4.90 Å². The molecule has 1 saturated heterocycles. The van der Waals surface area contributed by atoms with E-state index in [-0.39, 0.29) is 18.3 Å². The van der Waals surface area contributed by atoms with E-state index in [4.69, 9.17) is 14.6 Å². The predicted octanol–water partition coefficient (Wildman–Crippen LogP) is 3.60. The predicted molar refractivity (Wildman–Crippen MR) is 133 cm³/mol. The molecule has 1 fully saturated rings. The quantitative estimate of drug-likeness (QED) is 0.313. The van der Waals surface area contributed by atoms with Crippen LogP contribution in [0.4, 0.5) is 32.0 Å². The van der Waals surface area contributed by atoms with Gasteiger partial charge in [-0.1, -0.05) is 6.92 Å². The Morgan fingerprint density at radius 2 is 1.62 bits per heavy atom. The number of sulfone groups is 1. The number of nitrogens with zero attached hydrogens (tertiary/aromatic N) is 1. The number of nitrogens with one attached hydrogen (secondary N) is 2. The number of rotatable bonds is 11. The molecule has 1 aliphatic rings. The van der Waals surface area contributed by atoms with E-state index in [1.807, 2.05) is 20.8 Å². The Hall–Kier alpha value is -2.15. The SMILES string of the molecule is CCCN(CCNc1ccc(S(=O)(=O)NC2CCOCC2)cc1S(=O)(=O)C(F)(F)F)C(C)C.O=C(O)C(F)(F)F. The largest absolute Gasteiger partial charge is 0.501 e. The number of carboxylic acids is 1. The molecule has 10 nitrogen and oxygen atoms in total. The van der Waals surface area contributed by atoms with Crippen molar-refractivity contribution in [2.24, 2.45) is 0 Å². The molecule has 2 rings (SSSR count). The van der Waals surface area contributed by atoms with Gasteiger partial charge in [0.25, 0.3) is 9.84 Å². The normalized spacial score (nSPS) is 15.6. The lowest BCUT2D eigenvalue weighted by Crippen LogP contribution is -2.39. The molecule has 18 heteroatoms. The van der Waals surface area contributed by atoms with E-state index >= 15 is 0 Å². The number of ether oxygens (including phenoxy) is 1. The second kappa shape index (κ2) is 14.7. The van der Waals surface area contributed by atoms with Crippen LogP contribution in [0.15, 0.2) is 28.0 Å². The van der Waals surface area contributed by atoms with Crippen molar-refractivity contribution >= 4 is 31.5 Å². The van der Waals surface area contributed by atoms with E-state index in [1.165, 1.54) is 0 Å². The first-order chi connectivity index (χ1) is 18.2. The number of carbonyl (C=O) groups is 1. The molecule has 1 aliphatic heterocycles. The Labute approximate surface area is 229 Å². The molecular formula is C22H33F6N3O7S2. The Balaban J connectivity index is 0.00000101. The first-order valence-corrected chi connectivity index (χ1v) is 15.0. The summed E-state index contributed by atoms with van der Waals surface area (Å²) in [7, 11) is -10.0. The van der Waals surface area contributed by atoms with Crippen LogP contribution in [0, 0.1) is 0 Å². The molecule has 0 amide bonds. The number of benzene rings is 1. The van der Waals surface area contributed by atoms with Gasteiger partial charge in [-0.05, 0) is 57.9 Å². The van der Waals surface area contributed by atoms with Crippen LogP contribution in [0.25, 0.3) is 0 Å². The summed E-state index contributed by atoms with van der Waals surface area (Å²) in [5.74, 6) is -2.76. The topological polar surface area (TPSA) is 142 Å². The van der Waals surface area contributed by atoms with E-state index in [0.29, 0.717) is 38.7 Å². The van der Waals surface area contributed by atoms with Gasteiger partial charge in [-0.15, -0.1) is 0 Å². The summed E-state index contributed by atoms with van der Waals surface area (Å²) < 4.78 is 129. The van der Waals surface area contributed by atoms with Crippen LogP contribution in [0.1, 0.15) is 40.0 Å². The summed E-state index contributed by atoms with van der Waals surface area (Å²) in [5, 5.41) is 9.87. The Morgan fingerprint density at radius 3 is 2.08 bits per heavy atom. The highest BCUT2D eigenvalue weighted by Gasteiger charge is 2.48. The third kappa shape index (κ3) is 10.7. The van der Waals surface area contributed by atoms with Gasteiger partial charge in [0.2, 0.25) is 10.0 Å². The number of carboxylic acid groups (broad SMARTS) is 1. The van der Waals surface area contributed by atoms with Crippen LogP contribution in [0.2, 0.25) is 0 Å². The van der Waals surface area contributed by atoms with Crippen LogP contribution < -0.4 is 10.0 Å². The van der Waals surface area contributed by atoms with E-state index in [0.717, 1.165) is 25.1 Å². The fourth-order valence-corrected chi connectivity index (χ4v) is 5.88. The first kappa shape index (κ1) is 35.9. The zero-order valence-electron chi connectivity index (χ0n) is 22.0. The Kier molecular flexibility index (Phi) is 13.1. The summed E-state index contributed by atoms with van der Waals surface area (Å²) in [4.78, 5) is 9.34. The van der Waals surface area contributed by atoms with Crippen molar-refractivity contribution < 1.29 is 57.8 Å². The number of anilines is 1. The van der Waals surface area contributed by atoms with Crippen molar-refractivity contribution in [3.63, 3.8) is 0 Å². The second-order valence-corrected chi connectivity index (χ2v) is 12.6.